The molecule has 0 aliphatic carbocycles. The van der Waals surface area contributed by atoms with Crippen LogP contribution < -0.4 is 16.8 Å². The molecule has 9 nitrogen and oxygen atoms in total. The van der Waals surface area contributed by atoms with E-state index in [-0.39, 0.29) is 24.5 Å². The molecule has 2 amide bonds. The van der Waals surface area contributed by atoms with E-state index in [1.165, 1.54) is 11.1 Å². The van der Waals surface area contributed by atoms with Gasteiger partial charge in [-0.05, 0) is 24.0 Å². The standard InChI is InChI=1S/C24H32N6O3/c25-23(26)27-13-7-12-20(22(31)32)28-24(33)30-16-14-29(15-17-30)21(18-8-3-1-4-9-18)19-10-5-2-6-11-19/h1-6,8-11,20-21H,7,12-17H2,(H,28,33)(H,31,32)(H4,25,26,27)/t20-/m1/s1. The van der Waals surface area contributed by atoms with Crippen LogP contribution in [0.25, 0.3) is 0 Å². The number of nitrogens with two attached hydrogens (primary N) is 2. The first-order valence-electron chi connectivity index (χ1n) is 11.1. The summed E-state index contributed by atoms with van der Waals surface area (Å²) in [6.07, 6.45) is 0.709. The van der Waals surface area contributed by atoms with Crippen LogP contribution in [0.1, 0.15) is 30.0 Å². The van der Waals surface area contributed by atoms with Crippen molar-refractivity contribution in [1.82, 2.24) is 15.1 Å². The highest BCUT2D eigenvalue weighted by atomic mass is 16.4. The van der Waals surface area contributed by atoms with E-state index in [2.05, 4.69) is 39.5 Å². The molecular formula is C24H32N6O3. The minimum absolute atomic E-state index is 0.0342. The zero-order valence-corrected chi connectivity index (χ0v) is 18.6. The number of hydrogen-bond donors (Lipinski definition) is 4. The Morgan fingerprint density at radius 3 is 1.97 bits per heavy atom. The number of aliphatic carboxylic acids is 1. The molecule has 1 atom stereocenters. The Labute approximate surface area is 194 Å². The molecule has 2 aromatic carbocycles. The number of carboxylic acid groups (broad SMARTS) is 1. The van der Waals surface area contributed by atoms with E-state index in [9.17, 15) is 14.7 Å². The summed E-state index contributed by atoms with van der Waals surface area (Å²) in [6, 6.07) is 19.4. The Kier molecular flexibility index (Phi) is 8.65. The van der Waals surface area contributed by atoms with Crippen molar-refractivity contribution >= 4 is 18.0 Å². The van der Waals surface area contributed by atoms with Crippen LogP contribution in [0.15, 0.2) is 65.7 Å². The number of aliphatic imine (C=N–C) groups is 1. The Balaban J connectivity index is 1.59. The third-order valence-corrected chi connectivity index (χ3v) is 5.74. The lowest BCUT2D eigenvalue weighted by molar-refractivity contribution is -0.139. The van der Waals surface area contributed by atoms with Crippen molar-refractivity contribution in [3.63, 3.8) is 0 Å². The van der Waals surface area contributed by atoms with Crippen LogP contribution in [0.4, 0.5) is 4.79 Å². The zero-order valence-electron chi connectivity index (χ0n) is 18.6. The molecule has 6 N–H and O–H groups in total. The van der Waals surface area contributed by atoms with Crippen molar-refractivity contribution < 1.29 is 14.7 Å². The van der Waals surface area contributed by atoms with Gasteiger partial charge >= 0.3 is 12.0 Å². The van der Waals surface area contributed by atoms with E-state index in [1.807, 2.05) is 36.4 Å². The molecule has 1 fully saturated rings. The van der Waals surface area contributed by atoms with E-state index < -0.39 is 12.0 Å². The van der Waals surface area contributed by atoms with E-state index in [0.29, 0.717) is 39.1 Å². The fourth-order valence-electron chi connectivity index (χ4n) is 4.07. The second-order valence-corrected chi connectivity index (χ2v) is 8.04. The maximum atomic E-state index is 12.7. The van der Waals surface area contributed by atoms with Crippen LogP contribution in [0.5, 0.6) is 0 Å². The fraction of sp³-hybridized carbons (Fsp3) is 0.375. The molecule has 0 bridgehead atoms. The molecule has 0 saturated carbocycles. The smallest absolute Gasteiger partial charge is 0.326 e. The zero-order chi connectivity index (χ0) is 23.6. The Morgan fingerprint density at radius 2 is 1.48 bits per heavy atom. The van der Waals surface area contributed by atoms with Gasteiger partial charge in [0, 0.05) is 32.7 Å². The Bertz CT molecular complexity index is 886. The minimum atomic E-state index is -1.07. The second-order valence-electron chi connectivity index (χ2n) is 8.04. The third kappa shape index (κ3) is 6.95. The number of amides is 2. The summed E-state index contributed by atoms with van der Waals surface area (Å²) in [7, 11) is 0. The summed E-state index contributed by atoms with van der Waals surface area (Å²) in [5, 5.41) is 12.1. The summed E-state index contributed by atoms with van der Waals surface area (Å²) in [5.41, 5.74) is 13.0. The van der Waals surface area contributed by atoms with E-state index >= 15 is 0 Å². The van der Waals surface area contributed by atoms with Gasteiger partial charge in [-0.1, -0.05) is 60.7 Å². The van der Waals surface area contributed by atoms with Gasteiger partial charge in [-0.15, -0.1) is 0 Å². The van der Waals surface area contributed by atoms with Gasteiger partial charge < -0.3 is 26.8 Å². The van der Waals surface area contributed by atoms with Crippen molar-refractivity contribution in [2.75, 3.05) is 32.7 Å². The largest absolute Gasteiger partial charge is 0.480 e. The molecule has 9 heteroatoms. The molecule has 0 radical (unpaired) electrons. The molecule has 1 heterocycles. The predicted octanol–water partition coefficient (Wildman–Crippen LogP) is 1.61. The normalized spacial score (nSPS) is 15.1. The number of carboxylic acids is 1. The number of nitrogens with one attached hydrogen (secondary N) is 1. The van der Waals surface area contributed by atoms with Crippen molar-refractivity contribution in [3.8, 4) is 0 Å². The molecule has 2 aromatic rings. The van der Waals surface area contributed by atoms with Gasteiger partial charge in [0.2, 0.25) is 0 Å². The second kappa shape index (κ2) is 11.9. The lowest BCUT2D eigenvalue weighted by Gasteiger charge is -2.40. The molecule has 33 heavy (non-hydrogen) atoms. The number of rotatable bonds is 9. The first-order valence-corrected chi connectivity index (χ1v) is 11.1. The van der Waals surface area contributed by atoms with Gasteiger partial charge in [-0.25, -0.2) is 9.59 Å². The van der Waals surface area contributed by atoms with Crippen LogP contribution in [-0.2, 0) is 4.79 Å². The molecule has 0 aromatic heterocycles. The number of piperazine rings is 1. The van der Waals surface area contributed by atoms with E-state index in [1.54, 1.807) is 4.90 Å². The van der Waals surface area contributed by atoms with Crippen molar-refractivity contribution in [2.45, 2.75) is 24.9 Å². The highest BCUT2D eigenvalue weighted by molar-refractivity contribution is 5.82. The first-order chi connectivity index (χ1) is 16.0. The topological polar surface area (TPSA) is 137 Å². The summed E-state index contributed by atoms with van der Waals surface area (Å²) >= 11 is 0. The molecule has 0 spiro atoms. The number of carbonyl (C=O) groups is 2. The van der Waals surface area contributed by atoms with Crippen molar-refractivity contribution in [2.24, 2.45) is 16.5 Å². The summed E-state index contributed by atoms with van der Waals surface area (Å²) in [6.45, 7) is 2.72. The number of carbonyl (C=O) groups excluding carboxylic acids is 1. The fourth-order valence-corrected chi connectivity index (χ4v) is 4.07. The third-order valence-electron chi connectivity index (χ3n) is 5.74. The van der Waals surface area contributed by atoms with Crippen LogP contribution in [0.2, 0.25) is 0 Å². The summed E-state index contributed by atoms with van der Waals surface area (Å²) < 4.78 is 0. The Morgan fingerprint density at radius 1 is 0.939 bits per heavy atom. The van der Waals surface area contributed by atoms with Crippen LogP contribution in [0, 0.1) is 0 Å². The summed E-state index contributed by atoms with van der Waals surface area (Å²) in [5.74, 6) is -1.10. The van der Waals surface area contributed by atoms with Gasteiger partial charge in [0.15, 0.2) is 5.96 Å². The average Bonchev–Trinajstić information content (AvgIpc) is 2.82. The molecular weight excluding hydrogens is 420 g/mol. The number of guanidine groups is 1. The van der Waals surface area contributed by atoms with Gasteiger partial charge in [0.1, 0.15) is 6.04 Å². The molecule has 3 rings (SSSR count). The van der Waals surface area contributed by atoms with Crippen LogP contribution >= 0.6 is 0 Å². The number of benzene rings is 2. The maximum absolute atomic E-state index is 12.7. The quantitative estimate of drug-likeness (QED) is 0.259. The molecule has 1 aliphatic heterocycles. The molecule has 176 valence electrons. The van der Waals surface area contributed by atoms with Gasteiger partial charge in [-0.2, -0.15) is 0 Å². The van der Waals surface area contributed by atoms with Gasteiger partial charge in [0.05, 0.1) is 6.04 Å². The van der Waals surface area contributed by atoms with E-state index in [4.69, 9.17) is 11.5 Å². The van der Waals surface area contributed by atoms with Crippen LogP contribution in [0.3, 0.4) is 0 Å². The molecule has 0 unspecified atom stereocenters. The van der Waals surface area contributed by atoms with Gasteiger partial charge in [-0.3, -0.25) is 9.89 Å². The highest BCUT2D eigenvalue weighted by Gasteiger charge is 2.29. The first kappa shape index (κ1) is 24.1. The minimum Gasteiger partial charge on any atom is -0.480 e. The monoisotopic (exact) mass is 452 g/mol. The lowest BCUT2D eigenvalue weighted by Crippen LogP contribution is -2.55. The molecule has 1 aliphatic rings. The number of urea groups is 1. The highest BCUT2D eigenvalue weighted by Crippen LogP contribution is 2.29. The van der Waals surface area contributed by atoms with Crippen molar-refractivity contribution in [1.29, 1.82) is 0 Å². The Hall–Kier alpha value is -3.59. The number of hydrogen-bond acceptors (Lipinski definition) is 4. The SMILES string of the molecule is NC(N)=NCCC[C@@H](NC(=O)N1CCN(C(c2ccccc2)c2ccccc2)CC1)C(=O)O. The summed E-state index contributed by atoms with van der Waals surface area (Å²) in [4.78, 5) is 32.2. The van der Waals surface area contributed by atoms with Crippen LogP contribution in [-0.4, -0.2) is 71.6 Å². The lowest BCUT2D eigenvalue weighted by atomic mass is 9.96. The maximum Gasteiger partial charge on any atom is 0.326 e. The van der Waals surface area contributed by atoms with E-state index in [0.717, 1.165) is 0 Å². The molecule has 1 saturated heterocycles. The number of nitrogens with zero attached hydrogens (tertiary/aromatic N) is 3. The predicted molar refractivity (Wildman–Crippen MR) is 128 cm³/mol. The van der Waals surface area contributed by atoms with Crippen molar-refractivity contribution in [3.05, 3.63) is 71.8 Å². The average molecular weight is 453 g/mol. The van der Waals surface area contributed by atoms with Gasteiger partial charge in [0.25, 0.3) is 0 Å².